The largest absolute Gasteiger partial charge is 0.496 e. The number of nitrogens with one attached hydrogen (secondary N) is 1. The topological polar surface area (TPSA) is 90.4 Å². The number of hydrogen-bond acceptors (Lipinski definition) is 4. The molecule has 5 heteroatoms. The SMILES string of the molecule is COc1ccc(C(C)C)cc1C(N)CC(=O)NN. The van der Waals surface area contributed by atoms with Gasteiger partial charge in [0.15, 0.2) is 0 Å². The number of amides is 1. The Bertz CT molecular complexity index is 419. The second-order valence-corrected chi connectivity index (χ2v) is 4.53. The summed E-state index contributed by atoms with van der Waals surface area (Å²) in [6.07, 6.45) is 0.133. The van der Waals surface area contributed by atoms with Crippen LogP contribution in [0.1, 0.15) is 43.4 Å². The van der Waals surface area contributed by atoms with Crippen molar-refractivity contribution in [3.05, 3.63) is 29.3 Å². The molecule has 5 N–H and O–H groups in total. The maximum Gasteiger partial charge on any atom is 0.235 e. The van der Waals surface area contributed by atoms with E-state index in [1.54, 1.807) is 7.11 Å². The predicted octanol–water partition coefficient (Wildman–Crippen LogP) is 1.20. The molecule has 0 saturated carbocycles. The molecule has 0 bridgehead atoms. The van der Waals surface area contributed by atoms with E-state index in [0.717, 1.165) is 11.1 Å². The van der Waals surface area contributed by atoms with Crippen molar-refractivity contribution in [2.75, 3.05) is 7.11 Å². The molecule has 5 nitrogen and oxygen atoms in total. The highest BCUT2D eigenvalue weighted by molar-refractivity contribution is 5.76. The number of methoxy groups -OCH3 is 1. The third-order valence-corrected chi connectivity index (χ3v) is 2.89. The zero-order chi connectivity index (χ0) is 13.7. The number of carbonyl (C=O) groups excluding carboxylic acids is 1. The standard InChI is InChI=1S/C13H21N3O2/c1-8(2)9-4-5-12(18-3)10(6-9)11(14)7-13(17)16-15/h4-6,8,11H,7,14-15H2,1-3H3,(H,16,17). The Kier molecular flexibility index (Phi) is 5.12. The summed E-state index contributed by atoms with van der Waals surface area (Å²) in [4.78, 5) is 11.3. The summed E-state index contributed by atoms with van der Waals surface area (Å²) in [7, 11) is 1.59. The lowest BCUT2D eigenvalue weighted by molar-refractivity contribution is -0.121. The van der Waals surface area contributed by atoms with Gasteiger partial charge in [-0.3, -0.25) is 10.2 Å². The number of hydrazine groups is 1. The minimum Gasteiger partial charge on any atom is -0.496 e. The Labute approximate surface area is 107 Å². The zero-order valence-corrected chi connectivity index (χ0v) is 11.1. The van der Waals surface area contributed by atoms with E-state index in [1.165, 1.54) is 0 Å². The average molecular weight is 251 g/mol. The van der Waals surface area contributed by atoms with E-state index < -0.39 is 6.04 Å². The van der Waals surface area contributed by atoms with E-state index in [-0.39, 0.29) is 12.3 Å². The number of hydrogen-bond donors (Lipinski definition) is 3. The number of ether oxygens (including phenoxy) is 1. The molecular weight excluding hydrogens is 230 g/mol. The van der Waals surface area contributed by atoms with Gasteiger partial charge in [0, 0.05) is 18.0 Å². The molecule has 18 heavy (non-hydrogen) atoms. The first-order valence-corrected chi connectivity index (χ1v) is 5.92. The van der Waals surface area contributed by atoms with Gasteiger partial charge in [-0.05, 0) is 17.5 Å². The maximum atomic E-state index is 11.3. The number of benzene rings is 1. The molecule has 0 aliphatic carbocycles. The summed E-state index contributed by atoms with van der Waals surface area (Å²) in [5, 5.41) is 0. The molecule has 1 rings (SSSR count). The van der Waals surface area contributed by atoms with Gasteiger partial charge in [0.2, 0.25) is 5.91 Å². The van der Waals surface area contributed by atoms with E-state index in [1.807, 2.05) is 18.2 Å². The summed E-state index contributed by atoms with van der Waals surface area (Å²) >= 11 is 0. The van der Waals surface area contributed by atoms with Gasteiger partial charge >= 0.3 is 0 Å². The molecule has 0 radical (unpaired) electrons. The van der Waals surface area contributed by atoms with Gasteiger partial charge in [0.25, 0.3) is 0 Å². The summed E-state index contributed by atoms with van der Waals surface area (Å²) < 4.78 is 5.27. The van der Waals surface area contributed by atoms with Crippen molar-refractivity contribution in [2.45, 2.75) is 32.2 Å². The Morgan fingerprint density at radius 3 is 2.61 bits per heavy atom. The van der Waals surface area contributed by atoms with Crippen molar-refractivity contribution in [3.8, 4) is 5.75 Å². The molecule has 0 spiro atoms. The van der Waals surface area contributed by atoms with Crippen LogP contribution in [-0.2, 0) is 4.79 Å². The quantitative estimate of drug-likeness (QED) is 0.416. The first kappa shape index (κ1) is 14.5. The minimum absolute atomic E-state index is 0.133. The van der Waals surface area contributed by atoms with E-state index >= 15 is 0 Å². The van der Waals surface area contributed by atoms with Gasteiger partial charge < -0.3 is 10.5 Å². The van der Waals surface area contributed by atoms with Crippen LogP contribution in [0.2, 0.25) is 0 Å². The van der Waals surface area contributed by atoms with Crippen molar-refractivity contribution in [1.29, 1.82) is 0 Å². The van der Waals surface area contributed by atoms with Crippen molar-refractivity contribution < 1.29 is 9.53 Å². The lowest BCUT2D eigenvalue weighted by atomic mass is 9.95. The second-order valence-electron chi connectivity index (χ2n) is 4.53. The molecule has 1 atom stereocenters. The fourth-order valence-corrected chi connectivity index (χ4v) is 1.77. The summed E-state index contributed by atoms with van der Waals surface area (Å²) in [6, 6.07) is 5.44. The Morgan fingerprint density at radius 2 is 2.11 bits per heavy atom. The summed E-state index contributed by atoms with van der Waals surface area (Å²) in [5.74, 6) is 5.85. The molecular formula is C13H21N3O2. The molecule has 1 aromatic carbocycles. The van der Waals surface area contributed by atoms with Crippen LogP contribution in [0.15, 0.2) is 18.2 Å². The van der Waals surface area contributed by atoms with Crippen LogP contribution in [0.25, 0.3) is 0 Å². The molecule has 1 unspecified atom stereocenters. The van der Waals surface area contributed by atoms with E-state index in [2.05, 4.69) is 19.3 Å². The fraction of sp³-hybridized carbons (Fsp3) is 0.462. The van der Waals surface area contributed by atoms with Gasteiger partial charge in [-0.1, -0.05) is 26.0 Å². The summed E-state index contributed by atoms with van der Waals surface area (Å²) in [6.45, 7) is 4.20. The number of rotatable bonds is 5. The van der Waals surface area contributed by atoms with Crippen LogP contribution in [0.4, 0.5) is 0 Å². The second kappa shape index (κ2) is 6.37. The molecule has 0 fully saturated rings. The van der Waals surface area contributed by atoms with Gasteiger partial charge in [0.1, 0.15) is 5.75 Å². The third-order valence-electron chi connectivity index (χ3n) is 2.89. The van der Waals surface area contributed by atoms with E-state index in [9.17, 15) is 4.79 Å². The molecule has 0 aliphatic heterocycles. The maximum absolute atomic E-state index is 11.3. The highest BCUT2D eigenvalue weighted by atomic mass is 16.5. The molecule has 1 aromatic rings. The van der Waals surface area contributed by atoms with Crippen molar-refractivity contribution in [3.63, 3.8) is 0 Å². The molecule has 0 heterocycles. The lowest BCUT2D eigenvalue weighted by Gasteiger charge is -2.17. The molecule has 0 saturated heterocycles. The van der Waals surface area contributed by atoms with Crippen molar-refractivity contribution >= 4 is 5.91 Å². The van der Waals surface area contributed by atoms with Gasteiger partial charge in [0.05, 0.1) is 7.11 Å². The molecule has 100 valence electrons. The lowest BCUT2D eigenvalue weighted by Crippen LogP contribution is -2.32. The van der Waals surface area contributed by atoms with Crippen LogP contribution >= 0.6 is 0 Å². The molecule has 0 aromatic heterocycles. The smallest absolute Gasteiger partial charge is 0.235 e. The van der Waals surface area contributed by atoms with Crippen LogP contribution in [0.3, 0.4) is 0 Å². The average Bonchev–Trinajstić information content (AvgIpc) is 2.37. The highest BCUT2D eigenvalue weighted by Gasteiger charge is 2.16. The first-order valence-electron chi connectivity index (χ1n) is 5.92. The van der Waals surface area contributed by atoms with E-state index in [0.29, 0.717) is 11.7 Å². The minimum atomic E-state index is -0.429. The van der Waals surface area contributed by atoms with E-state index in [4.69, 9.17) is 16.3 Å². The van der Waals surface area contributed by atoms with Gasteiger partial charge in [-0.25, -0.2) is 5.84 Å². The number of nitrogens with two attached hydrogens (primary N) is 2. The molecule has 0 aliphatic rings. The Hall–Kier alpha value is -1.59. The third kappa shape index (κ3) is 3.45. The van der Waals surface area contributed by atoms with Gasteiger partial charge in [-0.15, -0.1) is 0 Å². The monoisotopic (exact) mass is 251 g/mol. The Morgan fingerprint density at radius 1 is 1.44 bits per heavy atom. The fourth-order valence-electron chi connectivity index (χ4n) is 1.77. The summed E-state index contributed by atoms with van der Waals surface area (Å²) in [5.41, 5.74) is 10.1. The predicted molar refractivity (Wildman–Crippen MR) is 71.0 cm³/mol. The normalized spacial score (nSPS) is 12.3. The number of carbonyl (C=O) groups is 1. The Balaban J connectivity index is 3.03. The highest BCUT2D eigenvalue weighted by Crippen LogP contribution is 2.29. The zero-order valence-electron chi connectivity index (χ0n) is 11.1. The van der Waals surface area contributed by atoms with Crippen LogP contribution < -0.4 is 21.7 Å². The van der Waals surface area contributed by atoms with Crippen LogP contribution in [0, 0.1) is 0 Å². The van der Waals surface area contributed by atoms with Gasteiger partial charge in [-0.2, -0.15) is 0 Å². The first-order chi connectivity index (χ1) is 8.49. The molecule has 1 amide bonds. The van der Waals surface area contributed by atoms with Crippen LogP contribution in [0.5, 0.6) is 5.75 Å². The van der Waals surface area contributed by atoms with Crippen molar-refractivity contribution in [2.24, 2.45) is 11.6 Å². The van der Waals surface area contributed by atoms with Crippen LogP contribution in [-0.4, -0.2) is 13.0 Å². The van der Waals surface area contributed by atoms with Crippen molar-refractivity contribution in [1.82, 2.24) is 5.43 Å².